The van der Waals surface area contributed by atoms with Crippen molar-refractivity contribution in [3.05, 3.63) is 38.0 Å². The van der Waals surface area contributed by atoms with Crippen molar-refractivity contribution in [1.29, 1.82) is 0 Å². The predicted octanol–water partition coefficient (Wildman–Crippen LogP) is 0.669. The number of carbonyl (C=O) groups excluding carboxylic acids is 3. The van der Waals surface area contributed by atoms with Crippen molar-refractivity contribution in [2.75, 3.05) is 39.5 Å². The minimum atomic E-state index is -1.25. The van der Waals surface area contributed by atoms with Crippen LogP contribution in [-0.2, 0) is 28.6 Å². The van der Waals surface area contributed by atoms with Crippen LogP contribution < -0.4 is 0 Å². The summed E-state index contributed by atoms with van der Waals surface area (Å²) >= 11 is 0. The average Bonchev–Trinajstić information content (AvgIpc) is 2.60. The van der Waals surface area contributed by atoms with E-state index >= 15 is 0 Å². The molecule has 25 heavy (non-hydrogen) atoms. The van der Waals surface area contributed by atoms with Crippen LogP contribution in [0.15, 0.2) is 38.0 Å². The zero-order chi connectivity index (χ0) is 19.3. The quantitative estimate of drug-likeness (QED) is 0.235. The molecule has 0 aliphatic heterocycles. The molecule has 0 fully saturated rings. The van der Waals surface area contributed by atoms with Crippen LogP contribution >= 0.6 is 0 Å². The first-order valence-corrected chi connectivity index (χ1v) is 7.28. The molecule has 0 saturated heterocycles. The van der Waals surface area contributed by atoms with E-state index in [9.17, 15) is 24.3 Å². The van der Waals surface area contributed by atoms with Gasteiger partial charge in [0.1, 0.15) is 39.5 Å². The minimum absolute atomic E-state index is 0.119. The fraction of sp³-hybridized carbons (Fsp3) is 0.375. The van der Waals surface area contributed by atoms with Gasteiger partial charge in [-0.05, 0) is 0 Å². The van der Waals surface area contributed by atoms with Crippen LogP contribution in [-0.4, -0.2) is 73.0 Å². The van der Waals surface area contributed by atoms with E-state index in [0.29, 0.717) is 0 Å². The van der Waals surface area contributed by atoms with E-state index in [1.165, 1.54) is 0 Å². The molecule has 1 N–H and O–H groups in total. The Morgan fingerprint density at radius 1 is 0.720 bits per heavy atom. The minimum Gasteiger partial charge on any atom is -0.457 e. The van der Waals surface area contributed by atoms with Gasteiger partial charge in [0.2, 0.25) is 0 Å². The van der Waals surface area contributed by atoms with Gasteiger partial charge in [-0.15, -0.1) is 0 Å². The molecule has 0 aliphatic rings. The summed E-state index contributed by atoms with van der Waals surface area (Å²) in [6, 6.07) is 0. The highest BCUT2D eigenvalue weighted by Crippen LogP contribution is 2.09. The van der Waals surface area contributed by atoms with Gasteiger partial charge in [0.25, 0.3) is 0 Å². The lowest BCUT2D eigenvalue weighted by Gasteiger charge is -2.31. The summed E-state index contributed by atoms with van der Waals surface area (Å²) in [4.78, 5) is 45.0. The molecule has 0 unspecified atom stereocenters. The third kappa shape index (κ3) is 8.47. The molecule has 0 atom stereocenters. The summed E-state index contributed by atoms with van der Waals surface area (Å²) in [6.07, 6.45) is 1.60. The van der Waals surface area contributed by atoms with Crippen LogP contribution in [0.2, 0.25) is 0 Å². The number of amides is 1. The SMILES string of the molecule is C=CC(=O)OCC[N+](CCOC(=O)C=C)(CCOC(=O)C=C)C(=O)O. The Labute approximate surface area is 145 Å². The van der Waals surface area contributed by atoms with Crippen molar-refractivity contribution < 1.29 is 43.0 Å². The van der Waals surface area contributed by atoms with E-state index < -0.39 is 28.5 Å². The van der Waals surface area contributed by atoms with E-state index in [0.717, 1.165) is 18.2 Å². The van der Waals surface area contributed by atoms with Crippen LogP contribution in [0, 0.1) is 0 Å². The Balaban J connectivity index is 4.98. The Bertz CT molecular complexity index is 476. The van der Waals surface area contributed by atoms with Gasteiger partial charge in [0, 0.05) is 18.2 Å². The van der Waals surface area contributed by atoms with Gasteiger partial charge >= 0.3 is 24.0 Å². The number of carboxylic acid groups (broad SMARTS) is 1. The highest BCUT2D eigenvalue weighted by Gasteiger charge is 2.37. The second kappa shape index (κ2) is 11.6. The van der Waals surface area contributed by atoms with Crippen LogP contribution in [0.1, 0.15) is 0 Å². The van der Waals surface area contributed by atoms with Crippen molar-refractivity contribution in [1.82, 2.24) is 0 Å². The number of esters is 3. The second-order valence-corrected chi connectivity index (χ2v) is 4.71. The van der Waals surface area contributed by atoms with E-state index in [4.69, 9.17) is 14.2 Å². The molecule has 0 aromatic carbocycles. The molecule has 0 heterocycles. The third-order valence-corrected chi connectivity index (χ3v) is 3.20. The summed E-state index contributed by atoms with van der Waals surface area (Å²) in [5.74, 6) is -2.08. The van der Waals surface area contributed by atoms with Gasteiger partial charge in [-0.3, -0.25) is 0 Å². The topological polar surface area (TPSA) is 116 Å². The van der Waals surface area contributed by atoms with Crippen LogP contribution in [0.25, 0.3) is 0 Å². The first-order valence-electron chi connectivity index (χ1n) is 7.28. The molecule has 138 valence electrons. The molecule has 9 heteroatoms. The lowest BCUT2D eigenvalue weighted by molar-refractivity contribution is -0.858. The smallest absolute Gasteiger partial charge is 0.457 e. The summed E-state index contributed by atoms with van der Waals surface area (Å²) in [5, 5.41) is 9.58. The van der Waals surface area contributed by atoms with Crippen molar-refractivity contribution in [2.45, 2.75) is 0 Å². The predicted molar refractivity (Wildman–Crippen MR) is 86.4 cm³/mol. The molecule has 1 amide bonds. The summed E-state index contributed by atoms with van der Waals surface area (Å²) in [5.41, 5.74) is 0. The standard InChI is InChI=1S/C16H21NO8/c1-4-13(18)23-10-7-17(16(21)22,8-11-24-14(19)5-2)9-12-25-15(20)6-3/h4-6H,1-3,7-12H2/p+1. The molecule has 0 spiro atoms. The van der Waals surface area contributed by atoms with Gasteiger partial charge in [-0.1, -0.05) is 19.7 Å². The first-order chi connectivity index (χ1) is 11.8. The van der Waals surface area contributed by atoms with Crippen molar-refractivity contribution in [2.24, 2.45) is 0 Å². The number of quaternary nitrogens is 1. The summed E-state index contributed by atoms with van der Waals surface area (Å²) in [6.45, 7) is 8.74. The number of hydrogen-bond donors (Lipinski definition) is 1. The lowest BCUT2D eigenvalue weighted by atomic mass is 10.3. The normalized spacial score (nSPS) is 10.2. The molecule has 0 radical (unpaired) electrons. The third-order valence-electron chi connectivity index (χ3n) is 3.20. The number of ether oxygens (including phenoxy) is 3. The zero-order valence-corrected chi connectivity index (χ0v) is 13.8. The number of rotatable bonds is 12. The Morgan fingerprint density at radius 2 is 1.00 bits per heavy atom. The molecule has 9 nitrogen and oxygen atoms in total. The molecule has 0 aromatic rings. The average molecular weight is 356 g/mol. The lowest BCUT2D eigenvalue weighted by Crippen LogP contribution is -2.57. The highest BCUT2D eigenvalue weighted by molar-refractivity contribution is 5.81. The molecular formula is C16H22NO8+. The van der Waals surface area contributed by atoms with Gasteiger partial charge in [-0.25, -0.2) is 18.9 Å². The Morgan fingerprint density at radius 3 is 1.20 bits per heavy atom. The maximum Gasteiger partial charge on any atom is 0.513 e. The molecule has 0 saturated carbocycles. The largest absolute Gasteiger partial charge is 0.513 e. The second-order valence-electron chi connectivity index (χ2n) is 4.71. The van der Waals surface area contributed by atoms with Crippen LogP contribution in [0.4, 0.5) is 4.79 Å². The molecule has 0 bridgehead atoms. The Hall–Kier alpha value is -2.94. The van der Waals surface area contributed by atoms with E-state index in [1.807, 2.05) is 0 Å². The molecule has 0 rings (SSSR count). The first kappa shape index (κ1) is 22.1. The van der Waals surface area contributed by atoms with Gasteiger partial charge in [-0.2, -0.15) is 4.79 Å². The van der Waals surface area contributed by atoms with Crippen molar-refractivity contribution in [3.63, 3.8) is 0 Å². The van der Waals surface area contributed by atoms with E-state index in [1.54, 1.807) is 0 Å². The Kier molecular flexibility index (Phi) is 10.2. The van der Waals surface area contributed by atoms with Crippen molar-refractivity contribution >= 4 is 24.0 Å². The monoisotopic (exact) mass is 356 g/mol. The molecular weight excluding hydrogens is 334 g/mol. The fourth-order valence-corrected chi connectivity index (χ4v) is 1.76. The highest BCUT2D eigenvalue weighted by atomic mass is 16.5. The van der Waals surface area contributed by atoms with Crippen molar-refractivity contribution in [3.8, 4) is 0 Å². The molecule has 0 aliphatic carbocycles. The van der Waals surface area contributed by atoms with E-state index in [2.05, 4.69) is 19.7 Å². The summed E-state index contributed by atoms with van der Waals surface area (Å²) in [7, 11) is 0. The van der Waals surface area contributed by atoms with E-state index in [-0.39, 0.29) is 39.5 Å². The van der Waals surface area contributed by atoms with Crippen LogP contribution in [0.3, 0.4) is 0 Å². The van der Waals surface area contributed by atoms with Gasteiger partial charge < -0.3 is 19.3 Å². The number of hydrogen-bond acceptors (Lipinski definition) is 7. The summed E-state index contributed by atoms with van der Waals surface area (Å²) < 4.78 is 13.8. The maximum absolute atomic E-state index is 11.7. The van der Waals surface area contributed by atoms with Gasteiger partial charge in [0.05, 0.1) is 0 Å². The number of nitrogens with zero attached hydrogens (tertiary/aromatic N) is 1. The molecule has 0 aromatic heterocycles. The zero-order valence-electron chi connectivity index (χ0n) is 13.8. The fourth-order valence-electron chi connectivity index (χ4n) is 1.76. The van der Waals surface area contributed by atoms with Gasteiger partial charge in [0.15, 0.2) is 0 Å². The number of carbonyl (C=O) groups is 4. The van der Waals surface area contributed by atoms with Crippen LogP contribution in [0.5, 0.6) is 0 Å². The maximum atomic E-state index is 11.7.